The van der Waals surface area contributed by atoms with Crippen LogP contribution in [0.25, 0.3) is 0 Å². The number of anilines is 1. The standard InChI is InChI=1S/C22H34N4O/c1-17-5-3-6-21(18(17)2)25-13-11-24(12-14-25)10-7-19-15-20(16-19)23-22(27)26-8-4-9-26/h3,5-6,19-20H,4,7-16H2,1-2H3,(H,23,27). The minimum atomic E-state index is 0.160. The third-order valence-corrected chi connectivity index (χ3v) is 6.85. The summed E-state index contributed by atoms with van der Waals surface area (Å²) in [5, 5.41) is 3.19. The van der Waals surface area contributed by atoms with E-state index < -0.39 is 0 Å². The Morgan fingerprint density at radius 3 is 2.48 bits per heavy atom. The lowest BCUT2D eigenvalue weighted by atomic mass is 9.78. The molecule has 0 bridgehead atoms. The number of piperazine rings is 1. The largest absolute Gasteiger partial charge is 0.369 e. The minimum absolute atomic E-state index is 0.160. The van der Waals surface area contributed by atoms with Crippen LogP contribution >= 0.6 is 0 Å². The van der Waals surface area contributed by atoms with Crippen LogP contribution in [0.1, 0.15) is 36.8 Å². The number of aryl methyl sites for hydroxylation is 1. The molecule has 0 unspecified atom stereocenters. The number of benzene rings is 1. The van der Waals surface area contributed by atoms with E-state index in [2.05, 4.69) is 47.2 Å². The smallest absolute Gasteiger partial charge is 0.317 e. The van der Waals surface area contributed by atoms with Crippen molar-refractivity contribution >= 4 is 11.7 Å². The van der Waals surface area contributed by atoms with Crippen LogP contribution in [0.5, 0.6) is 0 Å². The number of carbonyl (C=O) groups is 1. The highest BCUT2D eigenvalue weighted by molar-refractivity contribution is 5.75. The zero-order valence-corrected chi connectivity index (χ0v) is 16.9. The quantitative estimate of drug-likeness (QED) is 0.866. The highest BCUT2D eigenvalue weighted by Gasteiger charge is 2.32. The Kier molecular flexibility index (Phi) is 5.58. The zero-order chi connectivity index (χ0) is 18.8. The Balaban J connectivity index is 1.14. The molecule has 0 atom stereocenters. The number of hydrogen-bond acceptors (Lipinski definition) is 3. The van der Waals surface area contributed by atoms with E-state index in [1.807, 2.05) is 4.90 Å². The molecule has 0 aromatic heterocycles. The molecule has 148 valence electrons. The molecule has 2 heterocycles. The van der Waals surface area contributed by atoms with E-state index in [1.165, 1.54) is 42.6 Å². The number of carbonyl (C=O) groups excluding carboxylic acids is 1. The van der Waals surface area contributed by atoms with Gasteiger partial charge < -0.3 is 15.1 Å². The topological polar surface area (TPSA) is 38.8 Å². The van der Waals surface area contributed by atoms with Gasteiger partial charge in [-0.2, -0.15) is 0 Å². The molecule has 5 nitrogen and oxygen atoms in total. The summed E-state index contributed by atoms with van der Waals surface area (Å²) in [6, 6.07) is 7.22. The number of amides is 2. The second-order valence-electron chi connectivity index (χ2n) is 8.66. The van der Waals surface area contributed by atoms with Gasteiger partial charge in [0.2, 0.25) is 0 Å². The normalized spacial score (nSPS) is 25.7. The molecule has 2 aliphatic heterocycles. The van der Waals surface area contributed by atoms with Crippen LogP contribution in [0, 0.1) is 19.8 Å². The van der Waals surface area contributed by atoms with Crippen LogP contribution in [0.3, 0.4) is 0 Å². The van der Waals surface area contributed by atoms with Gasteiger partial charge in [0.05, 0.1) is 0 Å². The van der Waals surface area contributed by atoms with Crippen molar-refractivity contribution in [3.8, 4) is 0 Å². The maximum Gasteiger partial charge on any atom is 0.317 e. The van der Waals surface area contributed by atoms with Gasteiger partial charge in [-0.05, 0) is 69.2 Å². The number of hydrogen-bond donors (Lipinski definition) is 1. The second kappa shape index (κ2) is 8.09. The Labute approximate surface area is 163 Å². The molecule has 3 fully saturated rings. The van der Waals surface area contributed by atoms with Crippen LogP contribution in [-0.4, -0.2) is 67.7 Å². The monoisotopic (exact) mass is 370 g/mol. The van der Waals surface area contributed by atoms with Crippen LogP contribution in [0.4, 0.5) is 10.5 Å². The number of nitrogens with one attached hydrogen (secondary N) is 1. The van der Waals surface area contributed by atoms with Gasteiger partial charge in [-0.1, -0.05) is 12.1 Å². The summed E-state index contributed by atoms with van der Waals surface area (Å²) >= 11 is 0. The first kappa shape index (κ1) is 18.6. The molecule has 1 N–H and O–H groups in total. The van der Waals surface area contributed by atoms with E-state index in [9.17, 15) is 4.79 Å². The average Bonchev–Trinajstić information content (AvgIpc) is 2.58. The minimum Gasteiger partial charge on any atom is -0.369 e. The summed E-state index contributed by atoms with van der Waals surface area (Å²) in [5.41, 5.74) is 4.22. The molecule has 0 spiro atoms. The van der Waals surface area contributed by atoms with Gasteiger partial charge in [0, 0.05) is 51.0 Å². The van der Waals surface area contributed by atoms with Gasteiger partial charge >= 0.3 is 6.03 Å². The Morgan fingerprint density at radius 1 is 1.07 bits per heavy atom. The fourth-order valence-electron chi connectivity index (χ4n) is 4.53. The summed E-state index contributed by atoms with van der Waals surface area (Å²) in [6.07, 6.45) is 4.78. The van der Waals surface area contributed by atoms with E-state index >= 15 is 0 Å². The van der Waals surface area contributed by atoms with E-state index in [1.54, 1.807) is 0 Å². The fraction of sp³-hybridized carbons (Fsp3) is 0.682. The van der Waals surface area contributed by atoms with Gasteiger partial charge in [-0.15, -0.1) is 0 Å². The van der Waals surface area contributed by atoms with Gasteiger partial charge in [0.25, 0.3) is 0 Å². The molecular weight excluding hydrogens is 336 g/mol. The fourth-order valence-corrected chi connectivity index (χ4v) is 4.53. The van der Waals surface area contributed by atoms with Crippen molar-refractivity contribution in [2.24, 2.45) is 5.92 Å². The molecular formula is C22H34N4O. The Bertz CT molecular complexity index is 658. The van der Waals surface area contributed by atoms with Crippen molar-refractivity contribution in [3.63, 3.8) is 0 Å². The summed E-state index contributed by atoms with van der Waals surface area (Å²) in [7, 11) is 0. The van der Waals surface area contributed by atoms with Gasteiger partial charge in [0.1, 0.15) is 0 Å². The molecule has 2 saturated heterocycles. The Morgan fingerprint density at radius 2 is 1.81 bits per heavy atom. The molecule has 1 saturated carbocycles. The zero-order valence-electron chi connectivity index (χ0n) is 16.9. The SMILES string of the molecule is Cc1cccc(N2CCN(CCC3CC(NC(=O)N4CCC4)C3)CC2)c1C. The highest BCUT2D eigenvalue weighted by atomic mass is 16.2. The average molecular weight is 371 g/mol. The molecule has 0 radical (unpaired) electrons. The lowest BCUT2D eigenvalue weighted by Gasteiger charge is -2.41. The first-order valence-electron chi connectivity index (χ1n) is 10.7. The predicted molar refractivity (Wildman–Crippen MR) is 110 cm³/mol. The number of likely N-dealkylation sites (tertiary alicyclic amines) is 1. The van der Waals surface area contributed by atoms with Gasteiger partial charge in [0.15, 0.2) is 0 Å². The van der Waals surface area contributed by atoms with Crippen molar-refractivity contribution in [2.45, 2.75) is 45.6 Å². The first-order valence-corrected chi connectivity index (χ1v) is 10.7. The molecule has 27 heavy (non-hydrogen) atoms. The maximum atomic E-state index is 11.9. The van der Waals surface area contributed by atoms with E-state index in [4.69, 9.17) is 0 Å². The maximum absolute atomic E-state index is 11.9. The van der Waals surface area contributed by atoms with Crippen LogP contribution in [-0.2, 0) is 0 Å². The molecule has 1 aromatic rings. The number of nitrogens with zero attached hydrogens (tertiary/aromatic N) is 3. The molecule has 1 aromatic carbocycles. The van der Waals surface area contributed by atoms with E-state index in [0.29, 0.717) is 6.04 Å². The van der Waals surface area contributed by atoms with Crippen molar-refractivity contribution < 1.29 is 4.79 Å². The summed E-state index contributed by atoms with van der Waals surface area (Å²) < 4.78 is 0. The molecule has 2 amide bonds. The van der Waals surface area contributed by atoms with Gasteiger partial charge in [-0.3, -0.25) is 4.90 Å². The van der Waals surface area contributed by atoms with E-state index in [-0.39, 0.29) is 6.03 Å². The molecule has 4 rings (SSSR count). The van der Waals surface area contributed by atoms with Gasteiger partial charge in [-0.25, -0.2) is 4.79 Å². The van der Waals surface area contributed by atoms with Crippen molar-refractivity contribution in [2.75, 3.05) is 50.7 Å². The highest BCUT2D eigenvalue weighted by Crippen LogP contribution is 2.31. The molecule has 1 aliphatic carbocycles. The van der Waals surface area contributed by atoms with Crippen molar-refractivity contribution in [1.82, 2.24) is 15.1 Å². The Hall–Kier alpha value is -1.75. The lowest BCUT2D eigenvalue weighted by Crippen LogP contribution is -2.54. The number of rotatable bonds is 5. The van der Waals surface area contributed by atoms with Crippen LogP contribution in [0.15, 0.2) is 18.2 Å². The first-order chi connectivity index (χ1) is 13.1. The summed E-state index contributed by atoms with van der Waals surface area (Å²) in [6.45, 7) is 12.1. The third-order valence-electron chi connectivity index (χ3n) is 6.85. The summed E-state index contributed by atoms with van der Waals surface area (Å²) in [4.78, 5) is 19.0. The van der Waals surface area contributed by atoms with Crippen molar-refractivity contribution in [3.05, 3.63) is 29.3 Å². The van der Waals surface area contributed by atoms with Crippen LogP contribution in [0.2, 0.25) is 0 Å². The number of urea groups is 1. The summed E-state index contributed by atoms with van der Waals surface area (Å²) in [5.74, 6) is 0.795. The third kappa shape index (κ3) is 4.23. The predicted octanol–water partition coefficient (Wildman–Crippen LogP) is 3.01. The van der Waals surface area contributed by atoms with Crippen molar-refractivity contribution in [1.29, 1.82) is 0 Å². The lowest BCUT2D eigenvalue weighted by molar-refractivity contribution is 0.139. The van der Waals surface area contributed by atoms with E-state index in [0.717, 1.165) is 51.6 Å². The second-order valence-corrected chi connectivity index (χ2v) is 8.66. The molecule has 5 heteroatoms. The van der Waals surface area contributed by atoms with Crippen LogP contribution < -0.4 is 10.2 Å². The molecule has 3 aliphatic rings.